The molecule has 2 heteroatoms. The Kier molecular flexibility index (Phi) is 8.08. The lowest BCUT2D eigenvalue weighted by molar-refractivity contribution is 0.629. The standard InChI is InChI=1S/C53H37NO/c1-36-47-17-9-10-21-52(47)55-53(36)43-14-11-13-41(34-43)39-24-22-37(23-25-39)38-26-30-45(31-27-38)54(44-15-3-2-4-16-44)46-32-28-40(29-33-46)51-35-42-12-5-6-18-48(42)49-19-7-8-20-50(49)51/h2-35H,1H3. The van der Waals surface area contributed by atoms with Crippen molar-refractivity contribution in [3.05, 3.63) is 212 Å². The SMILES string of the molecule is Cc1c(-c2cccc(-c3ccc(-c4ccc(N(c5ccccc5)c5ccc(-c6cc7ccccc7c7ccccc67)cc5)cc4)cc3)c2)oc2ccccc12. The van der Waals surface area contributed by atoms with Gasteiger partial charge < -0.3 is 9.32 Å². The van der Waals surface area contributed by atoms with Gasteiger partial charge in [-0.15, -0.1) is 0 Å². The number of benzene rings is 9. The molecule has 0 aliphatic carbocycles. The van der Waals surface area contributed by atoms with Gasteiger partial charge in [-0.25, -0.2) is 0 Å². The van der Waals surface area contributed by atoms with Gasteiger partial charge in [-0.05, 0) is 116 Å². The van der Waals surface area contributed by atoms with Crippen LogP contribution in [0.25, 0.3) is 77.2 Å². The maximum Gasteiger partial charge on any atom is 0.138 e. The Morgan fingerprint density at radius 1 is 0.345 bits per heavy atom. The molecule has 0 unspecified atom stereocenters. The highest BCUT2D eigenvalue weighted by Crippen LogP contribution is 2.40. The Morgan fingerprint density at radius 3 is 1.55 bits per heavy atom. The fourth-order valence-electron chi connectivity index (χ4n) is 8.06. The van der Waals surface area contributed by atoms with E-state index in [1.165, 1.54) is 54.9 Å². The highest BCUT2D eigenvalue weighted by molar-refractivity contribution is 6.13. The minimum absolute atomic E-state index is 0.923. The number of fused-ring (bicyclic) bond motifs is 4. The van der Waals surface area contributed by atoms with Crippen molar-refractivity contribution in [2.75, 3.05) is 4.90 Å². The van der Waals surface area contributed by atoms with Crippen LogP contribution in [0, 0.1) is 6.92 Å². The number of furan rings is 1. The summed E-state index contributed by atoms with van der Waals surface area (Å²) in [4.78, 5) is 2.33. The van der Waals surface area contributed by atoms with Crippen molar-refractivity contribution < 1.29 is 4.42 Å². The average Bonchev–Trinajstić information content (AvgIpc) is 3.60. The molecule has 0 aliphatic rings. The minimum Gasteiger partial charge on any atom is -0.456 e. The van der Waals surface area contributed by atoms with Gasteiger partial charge in [0.2, 0.25) is 0 Å². The van der Waals surface area contributed by atoms with Crippen molar-refractivity contribution in [1.29, 1.82) is 0 Å². The molecule has 9 aromatic carbocycles. The largest absolute Gasteiger partial charge is 0.456 e. The minimum atomic E-state index is 0.923. The Balaban J connectivity index is 0.941. The number of hydrogen-bond donors (Lipinski definition) is 0. The van der Waals surface area contributed by atoms with E-state index in [0.717, 1.165) is 44.9 Å². The quantitative estimate of drug-likeness (QED) is 0.154. The zero-order valence-electron chi connectivity index (χ0n) is 30.5. The molecule has 260 valence electrons. The Labute approximate surface area is 321 Å². The van der Waals surface area contributed by atoms with Crippen LogP contribution in [0.3, 0.4) is 0 Å². The third-order valence-corrected chi connectivity index (χ3v) is 10.9. The Morgan fingerprint density at radius 2 is 0.855 bits per heavy atom. The first kappa shape index (κ1) is 32.5. The third-order valence-electron chi connectivity index (χ3n) is 10.9. The molecule has 0 aliphatic heterocycles. The monoisotopic (exact) mass is 703 g/mol. The predicted octanol–water partition coefficient (Wildman–Crippen LogP) is 15.2. The molecule has 10 aromatic rings. The lowest BCUT2D eigenvalue weighted by Gasteiger charge is -2.26. The first-order valence-electron chi connectivity index (χ1n) is 18.8. The molecule has 55 heavy (non-hydrogen) atoms. The fraction of sp³-hybridized carbons (Fsp3) is 0.0189. The van der Waals surface area contributed by atoms with Crippen LogP contribution in [0.2, 0.25) is 0 Å². The number of anilines is 3. The summed E-state index contributed by atoms with van der Waals surface area (Å²) < 4.78 is 6.28. The van der Waals surface area contributed by atoms with E-state index in [9.17, 15) is 0 Å². The van der Waals surface area contributed by atoms with Gasteiger partial charge in [-0.2, -0.15) is 0 Å². The number of hydrogen-bond acceptors (Lipinski definition) is 2. The summed E-state index contributed by atoms with van der Waals surface area (Å²) in [5.41, 5.74) is 13.6. The van der Waals surface area contributed by atoms with Gasteiger partial charge >= 0.3 is 0 Å². The van der Waals surface area contributed by atoms with Crippen molar-refractivity contribution in [3.63, 3.8) is 0 Å². The van der Waals surface area contributed by atoms with Crippen LogP contribution in [0.1, 0.15) is 5.56 Å². The summed E-state index contributed by atoms with van der Waals surface area (Å²) in [6.07, 6.45) is 0. The van der Waals surface area contributed by atoms with E-state index in [0.29, 0.717) is 0 Å². The topological polar surface area (TPSA) is 16.4 Å². The molecule has 0 amide bonds. The molecule has 0 radical (unpaired) electrons. The fourth-order valence-corrected chi connectivity index (χ4v) is 8.06. The van der Waals surface area contributed by atoms with Crippen molar-refractivity contribution in [2.45, 2.75) is 6.92 Å². The van der Waals surface area contributed by atoms with Crippen LogP contribution in [-0.2, 0) is 0 Å². The van der Waals surface area contributed by atoms with E-state index >= 15 is 0 Å². The molecule has 0 saturated carbocycles. The second-order valence-corrected chi connectivity index (χ2v) is 14.2. The maximum atomic E-state index is 6.28. The van der Waals surface area contributed by atoms with E-state index in [-0.39, 0.29) is 0 Å². The molecule has 0 fully saturated rings. The number of para-hydroxylation sites is 2. The smallest absolute Gasteiger partial charge is 0.138 e. The highest BCUT2D eigenvalue weighted by Gasteiger charge is 2.16. The second kappa shape index (κ2) is 13.7. The summed E-state index contributed by atoms with van der Waals surface area (Å²) >= 11 is 0. The van der Waals surface area contributed by atoms with E-state index in [1.54, 1.807) is 0 Å². The third kappa shape index (κ3) is 5.95. The summed E-state index contributed by atoms with van der Waals surface area (Å²) in [7, 11) is 0. The summed E-state index contributed by atoms with van der Waals surface area (Å²) in [5.74, 6) is 0.929. The lowest BCUT2D eigenvalue weighted by Crippen LogP contribution is -2.09. The summed E-state index contributed by atoms with van der Waals surface area (Å²) in [6, 6.07) is 73.9. The molecule has 2 nitrogen and oxygen atoms in total. The van der Waals surface area contributed by atoms with Gasteiger partial charge in [-0.3, -0.25) is 0 Å². The van der Waals surface area contributed by atoms with E-state index in [2.05, 4.69) is 206 Å². The Bertz CT molecular complexity index is 2960. The maximum absolute atomic E-state index is 6.28. The van der Waals surface area contributed by atoms with Crippen LogP contribution in [0.4, 0.5) is 17.1 Å². The number of rotatable bonds is 7. The first-order chi connectivity index (χ1) is 27.2. The number of nitrogens with zero attached hydrogens (tertiary/aromatic N) is 1. The molecule has 0 bridgehead atoms. The average molecular weight is 704 g/mol. The van der Waals surface area contributed by atoms with Crippen LogP contribution in [0.15, 0.2) is 211 Å². The van der Waals surface area contributed by atoms with Gasteiger partial charge in [0.1, 0.15) is 11.3 Å². The highest BCUT2D eigenvalue weighted by atomic mass is 16.3. The van der Waals surface area contributed by atoms with Crippen molar-refractivity contribution in [3.8, 4) is 44.7 Å². The van der Waals surface area contributed by atoms with Gasteiger partial charge in [0.05, 0.1) is 0 Å². The van der Waals surface area contributed by atoms with E-state index < -0.39 is 0 Å². The zero-order valence-corrected chi connectivity index (χ0v) is 30.5. The molecule has 0 atom stereocenters. The van der Waals surface area contributed by atoms with Gasteiger partial charge in [0, 0.05) is 33.6 Å². The van der Waals surface area contributed by atoms with E-state index in [4.69, 9.17) is 4.42 Å². The first-order valence-corrected chi connectivity index (χ1v) is 18.8. The number of aryl methyl sites for hydroxylation is 1. The molecular formula is C53H37NO. The zero-order chi connectivity index (χ0) is 36.7. The molecule has 10 rings (SSSR count). The molecule has 0 spiro atoms. The van der Waals surface area contributed by atoms with Crippen LogP contribution in [-0.4, -0.2) is 0 Å². The Hall–Kier alpha value is -7.16. The molecule has 0 N–H and O–H groups in total. The molecular weight excluding hydrogens is 667 g/mol. The second-order valence-electron chi connectivity index (χ2n) is 14.2. The van der Waals surface area contributed by atoms with Crippen molar-refractivity contribution >= 4 is 49.6 Å². The van der Waals surface area contributed by atoms with Crippen LogP contribution >= 0.6 is 0 Å². The summed E-state index contributed by atoms with van der Waals surface area (Å²) in [6.45, 7) is 2.14. The lowest BCUT2D eigenvalue weighted by atomic mass is 9.93. The van der Waals surface area contributed by atoms with Gasteiger partial charge in [-0.1, -0.05) is 152 Å². The normalized spacial score (nSPS) is 11.4. The van der Waals surface area contributed by atoms with Gasteiger partial charge in [0.25, 0.3) is 0 Å². The molecule has 1 heterocycles. The summed E-state index contributed by atoms with van der Waals surface area (Å²) in [5, 5.41) is 6.25. The molecule has 1 aromatic heterocycles. The predicted molar refractivity (Wildman–Crippen MR) is 232 cm³/mol. The molecule has 0 saturated heterocycles. The van der Waals surface area contributed by atoms with Crippen LogP contribution in [0.5, 0.6) is 0 Å². The van der Waals surface area contributed by atoms with E-state index in [1.807, 2.05) is 12.1 Å². The van der Waals surface area contributed by atoms with Gasteiger partial charge in [0.15, 0.2) is 0 Å². The van der Waals surface area contributed by atoms with Crippen LogP contribution < -0.4 is 4.90 Å². The van der Waals surface area contributed by atoms with Crippen molar-refractivity contribution in [1.82, 2.24) is 0 Å². The van der Waals surface area contributed by atoms with Crippen molar-refractivity contribution in [2.24, 2.45) is 0 Å².